The molecule has 0 aliphatic carbocycles. The zero-order valence-corrected chi connectivity index (χ0v) is 18.8. The smallest absolute Gasteiger partial charge is 0.232 e. The third kappa shape index (κ3) is 5.81. The molecule has 1 amide bonds. The van der Waals surface area contributed by atoms with Crippen LogP contribution in [0.4, 0.5) is 5.13 Å². The van der Waals surface area contributed by atoms with E-state index in [1.165, 1.54) is 0 Å². The number of morpholine rings is 1. The van der Waals surface area contributed by atoms with Crippen molar-refractivity contribution in [3.8, 4) is 5.75 Å². The second-order valence-corrected chi connectivity index (χ2v) is 8.69. The number of aromatic nitrogens is 1. The molecule has 1 aliphatic heterocycles. The van der Waals surface area contributed by atoms with E-state index >= 15 is 0 Å². The summed E-state index contributed by atoms with van der Waals surface area (Å²) in [7, 11) is 0. The minimum absolute atomic E-state index is 0.0506. The first kappa shape index (κ1) is 21.7. The van der Waals surface area contributed by atoms with Gasteiger partial charge in [0.25, 0.3) is 0 Å². The molecule has 4 rings (SSSR count). The van der Waals surface area contributed by atoms with Crippen LogP contribution in [0, 0.1) is 6.92 Å². The summed E-state index contributed by atoms with van der Waals surface area (Å²) in [6.07, 6.45) is 1.22. The summed E-state index contributed by atoms with van der Waals surface area (Å²) in [5.74, 6) is 0.833. The molecule has 0 radical (unpaired) electrons. The van der Waals surface area contributed by atoms with Crippen molar-refractivity contribution in [2.45, 2.75) is 19.8 Å². The summed E-state index contributed by atoms with van der Waals surface area (Å²) in [4.78, 5) is 22.2. The molecule has 2 aromatic carbocycles. The standard InChI is InChI=1S/C24H29N3O3S/c1-19-7-5-10-21-23(19)25-24(31-21)27(13-6-12-26-14-17-29-18-15-26)22(28)11-16-30-20-8-3-2-4-9-20/h2-5,7-10H,6,11-18H2,1H3. The van der Waals surface area contributed by atoms with Gasteiger partial charge in [0.05, 0.1) is 36.5 Å². The van der Waals surface area contributed by atoms with Crippen molar-refractivity contribution in [2.24, 2.45) is 0 Å². The molecule has 0 saturated carbocycles. The van der Waals surface area contributed by atoms with Crippen LogP contribution >= 0.6 is 11.3 Å². The van der Waals surface area contributed by atoms with Crippen molar-refractivity contribution >= 4 is 32.6 Å². The number of carbonyl (C=O) groups is 1. The molecule has 31 heavy (non-hydrogen) atoms. The Morgan fingerprint density at radius 2 is 1.97 bits per heavy atom. The van der Waals surface area contributed by atoms with Crippen LogP contribution in [0.2, 0.25) is 0 Å². The van der Waals surface area contributed by atoms with Gasteiger partial charge in [-0.15, -0.1) is 0 Å². The number of fused-ring (bicyclic) bond motifs is 1. The van der Waals surface area contributed by atoms with Crippen LogP contribution in [0.3, 0.4) is 0 Å². The highest BCUT2D eigenvalue weighted by atomic mass is 32.1. The Kier molecular flexibility index (Phi) is 7.51. The van der Waals surface area contributed by atoms with Crippen molar-refractivity contribution in [1.29, 1.82) is 0 Å². The number of anilines is 1. The first-order chi connectivity index (χ1) is 15.2. The summed E-state index contributed by atoms with van der Waals surface area (Å²) < 4.78 is 12.3. The highest BCUT2D eigenvalue weighted by Crippen LogP contribution is 2.31. The second kappa shape index (κ2) is 10.7. The van der Waals surface area contributed by atoms with E-state index in [9.17, 15) is 4.79 Å². The van der Waals surface area contributed by atoms with Crippen molar-refractivity contribution in [3.05, 3.63) is 54.1 Å². The molecule has 1 saturated heterocycles. The lowest BCUT2D eigenvalue weighted by Crippen LogP contribution is -2.39. The first-order valence-electron chi connectivity index (χ1n) is 10.9. The predicted molar refractivity (Wildman–Crippen MR) is 125 cm³/mol. The van der Waals surface area contributed by atoms with E-state index in [0.29, 0.717) is 19.6 Å². The van der Waals surface area contributed by atoms with Crippen LogP contribution in [0.1, 0.15) is 18.4 Å². The minimum Gasteiger partial charge on any atom is -0.493 e. The fourth-order valence-corrected chi connectivity index (χ4v) is 4.79. The average molecular weight is 440 g/mol. The fourth-order valence-electron chi connectivity index (χ4n) is 3.70. The molecule has 6 nitrogen and oxygen atoms in total. The molecule has 0 bridgehead atoms. The van der Waals surface area contributed by atoms with Crippen LogP contribution in [-0.2, 0) is 9.53 Å². The Labute approximate surface area is 187 Å². The Bertz CT molecular complexity index is 986. The summed E-state index contributed by atoms with van der Waals surface area (Å²) in [5, 5.41) is 0.774. The van der Waals surface area contributed by atoms with Gasteiger partial charge < -0.3 is 9.47 Å². The van der Waals surface area contributed by atoms with E-state index in [2.05, 4.69) is 24.0 Å². The third-order valence-electron chi connectivity index (χ3n) is 5.43. The molecule has 7 heteroatoms. The van der Waals surface area contributed by atoms with Gasteiger partial charge in [0, 0.05) is 26.2 Å². The number of hydrogen-bond donors (Lipinski definition) is 0. The molecular formula is C24H29N3O3S. The van der Waals surface area contributed by atoms with Crippen LogP contribution in [0.5, 0.6) is 5.75 Å². The van der Waals surface area contributed by atoms with E-state index in [-0.39, 0.29) is 5.91 Å². The molecule has 0 unspecified atom stereocenters. The molecule has 2 heterocycles. The molecule has 164 valence electrons. The number of amides is 1. The summed E-state index contributed by atoms with van der Waals surface area (Å²) in [6, 6.07) is 15.8. The van der Waals surface area contributed by atoms with Gasteiger partial charge in [-0.1, -0.05) is 41.7 Å². The van der Waals surface area contributed by atoms with E-state index < -0.39 is 0 Å². The van der Waals surface area contributed by atoms with Crippen LogP contribution in [-0.4, -0.2) is 61.8 Å². The topological polar surface area (TPSA) is 54.9 Å². The highest BCUT2D eigenvalue weighted by molar-refractivity contribution is 7.22. The number of para-hydroxylation sites is 2. The number of hydrogen-bond acceptors (Lipinski definition) is 6. The third-order valence-corrected chi connectivity index (χ3v) is 6.47. The Morgan fingerprint density at radius 3 is 2.74 bits per heavy atom. The Balaban J connectivity index is 1.42. The number of carbonyl (C=O) groups excluding carboxylic acids is 1. The van der Waals surface area contributed by atoms with Crippen molar-refractivity contribution in [2.75, 3.05) is 50.9 Å². The highest BCUT2D eigenvalue weighted by Gasteiger charge is 2.21. The van der Waals surface area contributed by atoms with Crippen LogP contribution in [0.25, 0.3) is 10.2 Å². The fraction of sp³-hybridized carbons (Fsp3) is 0.417. The number of benzene rings is 2. The lowest BCUT2D eigenvalue weighted by Gasteiger charge is -2.27. The van der Waals surface area contributed by atoms with Gasteiger partial charge >= 0.3 is 0 Å². The molecular weight excluding hydrogens is 410 g/mol. The number of nitrogens with zero attached hydrogens (tertiary/aromatic N) is 3. The molecule has 1 aromatic heterocycles. The van der Waals surface area contributed by atoms with Gasteiger partial charge in [0.15, 0.2) is 5.13 Å². The normalized spacial score (nSPS) is 14.6. The lowest BCUT2D eigenvalue weighted by molar-refractivity contribution is -0.119. The summed E-state index contributed by atoms with van der Waals surface area (Å²) in [6.45, 7) is 7.51. The first-order valence-corrected chi connectivity index (χ1v) is 11.7. The average Bonchev–Trinajstić information content (AvgIpc) is 3.23. The van der Waals surface area contributed by atoms with Gasteiger partial charge in [-0.2, -0.15) is 0 Å². The quantitative estimate of drug-likeness (QED) is 0.502. The zero-order valence-electron chi connectivity index (χ0n) is 18.0. The van der Waals surface area contributed by atoms with Crippen molar-refractivity contribution in [3.63, 3.8) is 0 Å². The Hall–Kier alpha value is -2.48. The summed E-state index contributed by atoms with van der Waals surface area (Å²) >= 11 is 1.58. The monoisotopic (exact) mass is 439 g/mol. The zero-order chi connectivity index (χ0) is 21.5. The van der Waals surface area contributed by atoms with Crippen molar-refractivity contribution < 1.29 is 14.3 Å². The maximum absolute atomic E-state index is 13.2. The molecule has 1 aliphatic rings. The van der Waals surface area contributed by atoms with E-state index in [4.69, 9.17) is 14.5 Å². The maximum atomic E-state index is 13.2. The minimum atomic E-state index is 0.0506. The largest absolute Gasteiger partial charge is 0.493 e. The van der Waals surface area contributed by atoms with Gasteiger partial charge in [0.2, 0.25) is 5.91 Å². The van der Waals surface area contributed by atoms with Crippen LogP contribution < -0.4 is 9.64 Å². The SMILES string of the molecule is Cc1cccc2sc(N(CCCN3CCOCC3)C(=O)CCOc3ccccc3)nc12. The molecule has 1 fully saturated rings. The summed E-state index contributed by atoms with van der Waals surface area (Å²) in [5.41, 5.74) is 2.11. The number of rotatable bonds is 9. The molecule has 0 atom stereocenters. The number of ether oxygens (including phenoxy) is 2. The number of aryl methyl sites for hydroxylation is 1. The molecule has 3 aromatic rings. The van der Waals surface area contributed by atoms with E-state index in [1.54, 1.807) is 11.3 Å². The van der Waals surface area contributed by atoms with E-state index in [0.717, 1.165) is 65.9 Å². The van der Waals surface area contributed by atoms with E-state index in [1.807, 2.05) is 41.3 Å². The van der Waals surface area contributed by atoms with Gasteiger partial charge in [-0.25, -0.2) is 4.98 Å². The van der Waals surface area contributed by atoms with Crippen molar-refractivity contribution in [1.82, 2.24) is 9.88 Å². The van der Waals surface area contributed by atoms with Gasteiger partial charge in [-0.05, 0) is 37.1 Å². The predicted octanol–water partition coefficient (Wildman–Crippen LogP) is 4.13. The Morgan fingerprint density at radius 1 is 1.16 bits per heavy atom. The lowest BCUT2D eigenvalue weighted by atomic mass is 10.2. The number of thiazole rings is 1. The molecule has 0 spiro atoms. The molecule has 0 N–H and O–H groups in total. The van der Waals surface area contributed by atoms with Crippen LogP contribution in [0.15, 0.2) is 48.5 Å². The second-order valence-electron chi connectivity index (χ2n) is 7.68. The maximum Gasteiger partial charge on any atom is 0.232 e. The van der Waals surface area contributed by atoms with Gasteiger partial charge in [0.1, 0.15) is 5.75 Å². The van der Waals surface area contributed by atoms with Gasteiger partial charge in [-0.3, -0.25) is 14.6 Å².